The van der Waals surface area contributed by atoms with E-state index in [-0.39, 0.29) is 5.91 Å². The molecular weight excluding hydrogens is 314 g/mol. The van der Waals surface area contributed by atoms with Gasteiger partial charge in [-0.2, -0.15) is 0 Å². The van der Waals surface area contributed by atoms with Gasteiger partial charge >= 0.3 is 0 Å². The molecule has 108 valence electrons. The minimum atomic E-state index is 0.114. The molecule has 0 atom stereocenters. The lowest BCUT2D eigenvalue weighted by molar-refractivity contribution is 0.0735. The summed E-state index contributed by atoms with van der Waals surface area (Å²) in [6, 6.07) is 7.59. The molecule has 0 spiro atoms. The average molecular weight is 336 g/mol. The Morgan fingerprint density at radius 1 is 1.25 bits per heavy atom. The number of hydrogen-bond acceptors (Lipinski definition) is 1. The molecule has 0 unspecified atom stereocenters. The van der Waals surface area contributed by atoms with Gasteiger partial charge in [0.2, 0.25) is 0 Å². The second-order valence-corrected chi connectivity index (χ2v) is 6.43. The Morgan fingerprint density at radius 3 is 2.50 bits per heavy atom. The Hall–Kier alpha value is -1.09. The van der Waals surface area contributed by atoms with E-state index in [9.17, 15) is 4.79 Å². The van der Waals surface area contributed by atoms with Crippen molar-refractivity contribution in [1.29, 1.82) is 0 Å². The SMILES string of the molecule is C=CCN(CC1CCCCC1)C(=O)c1ccc(Br)cc1. The van der Waals surface area contributed by atoms with E-state index < -0.39 is 0 Å². The van der Waals surface area contributed by atoms with Crippen molar-refractivity contribution in [2.24, 2.45) is 5.92 Å². The zero-order valence-corrected chi connectivity index (χ0v) is 13.4. The second-order valence-electron chi connectivity index (χ2n) is 5.51. The highest BCUT2D eigenvalue weighted by Crippen LogP contribution is 2.25. The molecule has 0 heterocycles. The van der Waals surface area contributed by atoms with Gasteiger partial charge in [0.1, 0.15) is 0 Å². The van der Waals surface area contributed by atoms with E-state index in [1.54, 1.807) is 0 Å². The minimum Gasteiger partial charge on any atom is -0.335 e. The lowest BCUT2D eigenvalue weighted by atomic mass is 9.89. The molecule has 1 aliphatic rings. The van der Waals surface area contributed by atoms with Crippen LogP contribution in [0.25, 0.3) is 0 Å². The number of amides is 1. The van der Waals surface area contributed by atoms with Crippen molar-refractivity contribution in [2.75, 3.05) is 13.1 Å². The molecule has 1 aliphatic carbocycles. The van der Waals surface area contributed by atoms with Crippen LogP contribution in [0.2, 0.25) is 0 Å². The van der Waals surface area contributed by atoms with E-state index in [0.29, 0.717) is 12.5 Å². The molecule has 2 rings (SSSR count). The molecule has 0 saturated heterocycles. The van der Waals surface area contributed by atoms with Gasteiger partial charge in [0.15, 0.2) is 0 Å². The summed E-state index contributed by atoms with van der Waals surface area (Å²) >= 11 is 3.40. The summed E-state index contributed by atoms with van der Waals surface area (Å²) in [6.07, 6.45) is 8.28. The highest BCUT2D eigenvalue weighted by atomic mass is 79.9. The number of carbonyl (C=O) groups excluding carboxylic acids is 1. The lowest BCUT2D eigenvalue weighted by Gasteiger charge is -2.29. The fraction of sp³-hybridized carbons (Fsp3) is 0.471. The summed E-state index contributed by atoms with van der Waals surface area (Å²) in [5.74, 6) is 0.770. The van der Waals surface area contributed by atoms with Crippen LogP contribution in [0, 0.1) is 5.92 Å². The molecule has 0 N–H and O–H groups in total. The maximum atomic E-state index is 12.6. The van der Waals surface area contributed by atoms with Crippen LogP contribution < -0.4 is 0 Å². The third-order valence-corrected chi connectivity index (χ3v) is 4.46. The van der Waals surface area contributed by atoms with E-state index in [4.69, 9.17) is 0 Å². The largest absolute Gasteiger partial charge is 0.335 e. The van der Waals surface area contributed by atoms with Gasteiger partial charge in [-0.05, 0) is 43.0 Å². The van der Waals surface area contributed by atoms with Gasteiger partial charge in [0.25, 0.3) is 5.91 Å². The zero-order chi connectivity index (χ0) is 14.4. The van der Waals surface area contributed by atoms with Crippen LogP contribution in [-0.4, -0.2) is 23.9 Å². The van der Waals surface area contributed by atoms with Crippen LogP contribution in [0.3, 0.4) is 0 Å². The monoisotopic (exact) mass is 335 g/mol. The van der Waals surface area contributed by atoms with Crippen molar-refractivity contribution in [3.8, 4) is 0 Å². The molecule has 0 aliphatic heterocycles. The van der Waals surface area contributed by atoms with E-state index in [2.05, 4.69) is 22.5 Å². The van der Waals surface area contributed by atoms with Crippen LogP contribution in [0.4, 0.5) is 0 Å². The van der Waals surface area contributed by atoms with E-state index in [0.717, 1.165) is 16.6 Å². The molecule has 1 fully saturated rings. The molecule has 3 heteroatoms. The number of nitrogens with zero attached hydrogens (tertiary/aromatic N) is 1. The first-order valence-corrected chi connectivity index (χ1v) is 8.15. The molecule has 2 nitrogen and oxygen atoms in total. The van der Waals surface area contributed by atoms with Crippen molar-refractivity contribution < 1.29 is 4.79 Å². The zero-order valence-electron chi connectivity index (χ0n) is 11.9. The quantitative estimate of drug-likeness (QED) is 0.716. The fourth-order valence-corrected chi connectivity index (χ4v) is 3.12. The summed E-state index contributed by atoms with van der Waals surface area (Å²) in [7, 11) is 0. The topological polar surface area (TPSA) is 20.3 Å². The van der Waals surface area contributed by atoms with Crippen molar-refractivity contribution in [1.82, 2.24) is 4.90 Å². The molecule has 1 aromatic rings. The molecular formula is C17H22BrNO. The van der Waals surface area contributed by atoms with Crippen molar-refractivity contribution in [2.45, 2.75) is 32.1 Å². The van der Waals surface area contributed by atoms with Crippen LogP contribution in [0.5, 0.6) is 0 Å². The summed E-state index contributed by atoms with van der Waals surface area (Å²) < 4.78 is 0.997. The predicted octanol–water partition coefficient (Wildman–Crippen LogP) is 4.66. The number of carbonyl (C=O) groups is 1. The highest BCUT2D eigenvalue weighted by molar-refractivity contribution is 9.10. The summed E-state index contributed by atoms with van der Waals surface area (Å²) in [4.78, 5) is 14.5. The van der Waals surface area contributed by atoms with Gasteiger partial charge in [0.05, 0.1) is 0 Å². The maximum Gasteiger partial charge on any atom is 0.254 e. The van der Waals surface area contributed by atoms with Gasteiger partial charge in [-0.1, -0.05) is 41.3 Å². The number of rotatable bonds is 5. The third kappa shape index (κ3) is 4.20. The van der Waals surface area contributed by atoms with Gasteiger partial charge in [0, 0.05) is 23.1 Å². The van der Waals surface area contributed by atoms with Crippen molar-refractivity contribution in [3.63, 3.8) is 0 Å². The van der Waals surface area contributed by atoms with Gasteiger partial charge in [-0.25, -0.2) is 0 Å². The van der Waals surface area contributed by atoms with E-state index in [1.807, 2.05) is 35.2 Å². The highest BCUT2D eigenvalue weighted by Gasteiger charge is 2.21. The van der Waals surface area contributed by atoms with E-state index in [1.165, 1.54) is 32.1 Å². The van der Waals surface area contributed by atoms with Crippen LogP contribution in [-0.2, 0) is 0 Å². The molecule has 1 saturated carbocycles. The molecule has 20 heavy (non-hydrogen) atoms. The average Bonchev–Trinajstić information content (AvgIpc) is 2.48. The van der Waals surface area contributed by atoms with Gasteiger partial charge in [-0.15, -0.1) is 6.58 Å². The Bertz CT molecular complexity index is 449. The first-order valence-electron chi connectivity index (χ1n) is 7.36. The predicted molar refractivity (Wildman–Crippen MR) is 86.8 cm³/mol. The smallest absolute Gasteiger partial charge is 0.254 e. The third-order valence-electron chi connectivity index (χ3n) is 3.93. The Labute approximate surface area is 130 Å². The van der Waals surface area contributed by atoms with Crippen LogP contribution in [0.15, 0.2) is 41.4 Å². The first kappa shape index (κ1) is 15.3. The lowest BCUT2D eigenvalue weighted by Crippen LogP contribution is -2.36. The van der Waals surface area contributed by atoms with Gasteiger partial charge < -0.3 is 4.90 Å². The Balaban J connectivity index is 2.04. The molecule has 0 aromatic heterocycles. The normalized spacial score (nSPS) is 15.8. The van der Waals surface area contributed by atoms with Crippen molar-refractivity contribution in [3.05, 3.63) is 47.0 Å². The summed E-state index contributed by atoms with van der Waals surface area (Å²) in [5.41, 5.74) is 0.755. The van der Waals surface area contributed by atoms with Gasteiger partial charge in [-0.3, -0.25) is 4.79 Å². The second kappa shape index (κ2) is 7.63. The Kier molecular flexibility index (Phi) is 5.84. The molecule has 1 aromatic carbocycles. The first-order chi connectivity index (χ1) is 9.70. The van der Waals surface area contributed by atoms with Crippen molar-refractivity contribution >= 4 is 21.8 Å². The molecule has 1 amide bonds. The summed E-state index contributed by atoms with van der Waals surface area (Å²) in [5, 5.41) is 0. The summed E-state index contributed by atoms with van der Waals surface area (Å²) in [6.45, 7) is 5.27. The van der Waals surface area contributed by atoms with E-state index >= 15 is 0 Å². The fourth-order valence-electron chi connectivity index (χ4n) is 2.85. The maximum absolute atomic E-state index is 12.6. The minimum absolute atomic E-state index is 0.114. The number of benzene rings is 1. The Morgan fingerprint density at radius 2 is 1.90 bits per heavy atom. The van der Waals surface area contributed by atoms with Crippen LogP contribution >= 0.6 is 15.9 Å². The number of halogens is 1. The van der Waals surface area contributed by atoms with Crippen LogP contribution in [0.1, 0.15) is 42.5 Å². The molecule has 0 bridgehead atoms. The standard InChI is InChI=1S/C17H22BrNO/c1-2-12-19(13-14-6-4-3-5-7-14)17(20)15-8-10-16(18)11-9-15/h2,8-11,14H,1,3-7,12-13H2. The number of hydrogen-bond donors (Lipinski definition) is 0. The molecule has 0 radical (unpaired) electrons.